The summed E-state index contributed by atoms with van der Waals surface area (Å²) in [5.41, 5.74) is 1.38. The molecule has 2 aromatic rings. The van der Waals surface area contributed by atoms with Crippen molar-refractivity contribution in [3.8, 4) is 0 Å². The lowest BCUT2D eigenvalue weighted by molar-refractivity contribution is -0.145. The molecule has 0 saturated heterocycles. The van der Waals surface area contributed by atoms with Gasteiger partial charge in [-0.05, 0) is 60.5 Å². The minimum Gasteiger partial charge on any atom is -0.467 e. The van der Waals surface area contributed by atoms with E-state index in [9.17, 15) is 19.2 Å². The number of carbonyl (C=O) groups is 4. The monoisotopic (exact) mass is 589 g/mol. The van der Waals surface area contributed by atoms with Crippen molar-refractivity contribution < 1.29 is 28.7 Å². The van der Waals surface area contributed by atoms with Gasteiger partial charge in [-0.15, -0.1) is 0 Å². The molecule has 0 heterocycles. The minimum absolute atomic E-state index is 0.00343. The Labute approximate surface area is 244 Å². The van der Waals surface area contributed by atoms with Crippen LogP contribution >= 0.6 is 23.5 Å². The number of nitrogens with one attached hydrogen (secondary N) is 3. The van der Waals surface area contributed by atoms with Gasteiger partial charge in [0.15, 0.2) is 0 Å². The highest BCUT2D eigenvalue weighted by molar-refractivity contribution is 7.99. The predicted molar refractivity (Wildman–Crippen MR) is 156 cm³/mol. The molecule has 0 aromatic heterocycles. The molecule has 1 aliphatic rings. The Balaban J connectivity index is 1.57. The van der Waals surface area contributed by atoms with Crippen molar-refractivity contribution in [1.82, 2.24) is 10.0 Å². The summed E-state index contributed by atoms with van der Waals surface area (Å²) in [6, 6.07) is 14.9. The Morgan fingerprint density at radius 1 is 1.02 bits per heavy atom. The zero-order valence-corrected chi connectivity index (χ0v) is 24.1. The van der Waals surface area contributed by atoms with Gasteiger partial charge in [0.1, 0.15) is 17.9 Å². The lowest BCUT2D eigenvalue weighted by atomic mass is 9.86. The molecular weight excluding hydrogens is 554 g/mol. The van der Waals surface area contributed by atoms with E-state index >= 15 is 0 Å². The number of methoxy groups -OCH3 is 1. The minimum atomic E-state index is -1.01. The molecule has 3 N–H and O–H groups in total. The Bertz CT molecular complexity index is 1130. The first-order valence-corrected chi connectivity index (χ1v) is 14.7. The van der Waals surface area contributed by atoms with E-state index in [0.29, 0.717) is 23.0 Å². The second kappa shape index (κ2) is 16.8. The highest BCUT2D eigenvalue weighted by Gasteiger charge is 2.30. The maximum absolute atomic E-state index is 13.4. The number of hydrogen-bond donors (Lipinski definition) is 3. The molecule has 0 spiro atoms. The van der Waals surface area contributed by atoms with Gasteiger partial charge in [0.05, 0.1) is 7.11 Å². The maximum atomic E-state index is 13.4. The maximum Gasteiger partial charge on any atom is 0.417 e. The summed E-state index contributed by atoms with van der Waals surface area (Å²) >= 11 is 6.94. The second-order valence-corrected chi connectivity index (χ2v) is 11.1. The van der Waals surface area contributed by atoms with Gasteiger partial charge in [-0.3, -0.25) is 14.3 Å². The average molecular weight is 590 g/mol. The number of benzene rings is 2. The number of anilines is 1. The highest BCUT2D eigenvalue weighted by Crippen LogP contribution is 2.30. The van der Waals surface area contributed by atoms with Gasteiger partial charge in [0, 0.05) is 17.1 Å². The van der Waals surface area contributed by atoms with Crippen LogP contribution in [0, 0.1) is 5.92 Å². The molecule has 2 aromatic carbocycles. The van der Waals surface area contributed by atoms with Crippen LogP contribution < -0.4 is 15.4 Å². The fourth-order valence-electron chi connectivity index (χ4n) is 4.53. The van der Waals surface area contributed by atoms with Gasteiger partial charge < -0.3 is 20.1 Å². The lowest BCUT2D eigenvalue weighted by Gasteiger charge is -2.26. The van der Waals surface area contributed by atoms with Crippen molar-refractivity contribution in [3.63, 3.8) is 0 Å². The van der Waals surface area contributed by atoms with E-state index in [2.05, 4.69) is 15.4 Å². The van der Waals surface area contributed by atoms with Gasteiger partial charge >= 0.3 is 12.1 Å². The first-order valence-electron chi connectivity index (χ1n) is 13.4. The van der Waals surface area contributed by atoms with E-state index in [-0.39, 0.29) is 25.4 Å². The highest BCUT2D eigenvalue weighted by atomic mass is 35.5. The molecule has 3 amide bonds. The molecule has 0 radical (unpaired) electrons. The number of ether oxygens (including phenoxy) is 2. The second-order valence-electron chi connectivity index (χ2n) is 9.69. The zero-order valence-electron chi connectivity index (χ0n) is 22.5. The topological polar surface area (TPSA) is 123 Å². The number of esters is 1. The molecule has 1 saturated carbocycles. The SMILES string of the molecule is COC(=O)[C@H](CCC(=O)Nc1ccccc1)NC(=O)[C@H](CC1CCCCC1)SNC(=O)OCc1cccc(Cl)c1. The largest absolute Gasteiger partial charge is 0.467 e. The molecule has 0 bridgehead atoms. The molecule has 216 valence electrons. The van der Waals surface area contributed by atoms with Crippen molar-refractivity contribution >= 4 is 53.1 Å². The van der Waals surface area contributed by atoms with Crippen LogP contribution in [0.15, 0.2) is 54.6 Å². The first-order chi connectivity index (χ1) is 19.3. The molecule has 0 aliphatic heterocycles. The molecule has 9 nitrogen and oxygen atoms in total. The third-order valence-corrected chi connectivity index (χ3v) is 7.84. The number of hydrogen-bond acceptors (Lipinski definition) is 7. The van der Waals surface area contributed by atoms with E-state index in [1.807, 2.05) is 6.07 Å². The lowest BCUT2D eigenvalue weighted by Crippen LogP contribution is -2.46. The van der Waals surface area contributed by atoms with Gasteiger partial charge in [-0.1, -0.05) is 74.0 Å². The Morgan fingerprint density at radius 3 is 2.48 bits per heavy atom. The van der Waals surface area contributed by atoms with Crippen molar-refractivity contribution in [2.24, 2.45) is 5.92 Å². The standard InChI is InChI=1S/C29H36ClN3O6S/c1-38-28(36)24(15-16-26(34)31-23-13-6-3-7-14-23)32-27(35)25(18-20-9-4-2-5-10-20)40-33-29(37)39-19-21-11-8-12-22(30)17-21/h3,6-8,11-14,17,20,24-25H,2,4-5,9-10,15-16,18-19H2,1H3,(H,31,34)(H,32,35)(H,33,37)/t24-,25-/m0/s1. The Hall–Kier alpha value is -3.24. The van der Waals surface area contributed by atoms with E-state index in [1.54, 1.807) is 48.5 Å². The number of para-hydroxylation sites is 1. The van der Waals surface area contributed by atoms with Gasteiger partial charge in [0.2, 0.25) is 11.8 Å². The van der Waals surface area contributed by atoms with Crippen LogP contribution in [0.1, 0.15) is 56.9 Å². The smallest absolute Gasteiger partial charge is 0.417 e. The van der Waals surface area contributed by atoms with Gasteiger partial charge in [-0.2, -0.15) is 0 Å². The summed E-state index contributed by atoms with van der Waals surface area (Å²) in [6.45, 7) is 0.0297. The predicted octanol–water partition coefficient (Wildman–Crippen LogP) is 5.63. The summed E-state index contributed by atoms with van der Waals surface area (Å²) in [7, 11) is 1.23. The molecule has 1 fully saturated rings. The molecule has 40 heavy (non-hydrogen) atoms. The number of rotatable bonds is 13. The van der Waals surface area contributed by atoms with Crippen LogP contribution in [-0.4, -0.2) is 42.3 Å². The number of halogens is 1. The summed E-state index contributed by atoms with van der Waals surface area (Å²) < 4.78 is 12.8. The fourth-order valence-corrected chi connectivity index (χ4v) is 5.59. The van der Waals surface area contributed by atoms with E-state index in [0.717, 1.165) is 43.2 Å². The molecule has 2 atom stereocenters. The summed E-state index contributed by atoms with van der Waals surface area (Å²) in [5.74, 6) is -1.01. The fraction of sp³-hybridized carbons (Fsp3) is 0.448. The summed E-state index contributed by atoms with van der Waals surface area (Å²) in [4.78, 5) is 50.6. The third-order valence-electron chi connectivity index (χ3n) is 6.63. The van der Waals surface area contributed by atoms with E-state index in [1.165, 1.54) is 13.5 Å². The first kappa shape index (κ1) is 31.3. The Morgan fingerprint density at radius 2 is 1.77 bits per heavy atom. The van der Waals surface area contributed by atoms with Crippen molar-refractivity contribution in [3.05, 3.63) is 65.2 Å². The Kier molecular flexibility index (Phi) is 13.1. The summed E-state index contributed by atoms with van der Waals surface area (Å²) in [5, 5.41) is 5.39. The van der Waals surface area contributed by atoms with Crippen LogP contribution in [0.5, 0.6) is 0 Å². The zero-order chi connectivity index (χ0) is 28.7. The van der Waals surface area contributed by atoms with Crippen LogP contribution in [0.4, 0.5) is 10.5 Å². The van der Waals surface area contributed by atoms with Crippen molar-refractivity contribution in [2.45, 2.75) is 69.3 Å². The van der Waals surface area contributed by atoms with Crippen molar-refractivity contribution in [1.29, 1.82) is 0 Å². The number of carbonyl (C=O) groups excluding carboxylic acids is 4. The van der Waals surface area contributed by atoms with Crippen LogP contribution in [-0.2, 0) is 30.5 Å². The molecule has 0 unspecified atom stereocenters. The molecule has 11 heteroatoms. The third kappa shape index (κ3) is 11.1. The van der Waals surface area contributed by atoms with Crippen molar-refractivity contribution in [2.75, 3.05) is 12.4 Å². The normalized spacial score (nSPS) is 14.8. The van der Waals surface area contributed by atoms with E-state index < -0.39 is 29.3 Å². The van der Waals surface area contributed by atoms with Gasteiger partial charge in [-0.25, -0.2) is 9.59 Å². The molecule has 3 rings (SSSR count). The van der Waals surface area contributed by atoms with Crippen LogP contribution in [0.25, 0.3) is 0 Å². The average Bonchev–Trinajstić information content (AvgIpc) is 2.96. The van der Waals surface area contributed by atoms with Gasteiger partial charge in [0.25, 0.3) is 0 Å². The quantitative estimate of drug-likeness (QED) is 0.204. The van der Waals surface area contributed by atoms with E-state index in [4.69, 9.17) is 21.1 Å². The molecule has 1 aliphatic carbocycles. The molecular formula is C29H36ClN3O6S. The van der Waals surface area contributed by atoms with Crippen LogP contribution in [0.3, 0.4) is 0 Å². The summed E-state index contributed by atoms with van der Waals surface area (Å²) in [6.07, 6.45) is 5.29. The van der Waals surface area contributed by atoms with Crippen LogP contribution in [0.2, 0.25) is 5.02 Å². The number of amides is 3.